The van der Waals surface area contributed by atoms with Gasteiger partial charge in [0.2, 0.25) is 0 Å². The summed E-state index contributed by atoms with van der Waals surface area (Å²) in [6, 6.07) is 8.90. The van der Waals surface area contributed by atoms with Crippen LogP contribution in [0.3, 0.4) is 0 Å². The molecular formula is C18H18N6O2. The number of carbonyl (C=O) groups excluding carboxylic acids is 1. The minimum atomic E-state index is -0.311. The molecule has 0 aliphatic carbocycles. The van der Waals surface area contributed by atoms with E-state index in [0.717, 1.165) is 12.8 Å². The van der Waals surface area contributed by atoms with E-state index >= 15 is 0 Å². The second-order valence-electron chi connectivity index (χ2n) is 6.01. The van der Waals surface area contributed by atoms with Crippen LogP contribution in [0.4, 0.5) is 4.79 Å². The smallest absolute Gasteiger partial charge is 0.344 e. The third kappa shape index (κ3) is 2.55. The van der Waals surface area contributed by atoms with Crippen LogP contribution >= 0.6 is 0 Å². The van der Waals surface area contributed by atoms with Crippen molar-refractivity contribution in [2.75, 3.05) is 6.54 Å². The van der Waals surface area contributed by atoms with Crippen LogP contribution in [0.1, 0.15) is 19.8 Å². The molecule has 0 spiro atoms. The monoisotopic (exact) mass is 350 g/mol. The van der Waals surface area contributed by atoms with E-state index in [1.807, 2.05) is 30.3 Å². The highest BCUT2D eigenvalue weighted by Crippen LogP contribution is 2.25. The molecule has 0 unspecified atom stereocenters. The highest BCUT2D eigenvalue weighted by Gasteiger charge is 2.22. The van der Waals surface area contributed by atoms with Gasteiger partial charge < -0.3 is 10.3 Å². The number of hydrogen-bond acceptors (Lipinski definition) is 4. The summed E-state index contributed by atoms with van der Waals surface area (Å²) in [5.41, 5.74) is 1.94. The average Bonchev–Trinajstić information content (AvgIpc) is 3.24. The fourth-order valence-corrected chi connectivity index (χ4v) is 2.89. The minimum Gasteiger partial charge on any atom is -0.345 e. The lowest BCUT2D eigenvalue weighted by atomic mass is 10.2. The summed E-state index contributed by atoms with van der Waals surface area (Å²) in [4.78, 5) is 28.0. The first-order valence-electron chi connectivity index (χ1n) is 8.52. The number of benzene rings is 1. The van der Waals surface area contributed by atoms with Crippen molar-refractivity contribution in [3.05, 3.63) is 53.1 Å². The van der Waals surface area contributed by atoms with Crippen molar-refractivity contribution >= 4 is 17.1 Å². The molecule has 2 aliphatic heterocycles. The Morgan fingerprint density at radius 1 is 1.27 bits per heavy atom. The Kier molecular flexibility index (Phi) is 4.00. The Hall–Kier alpha value is -3.42. The van der Waals surface area contributed by atoms with Crippen molar-refractivity contribution in [3.63, 3.8) is 0 Å². The number of carbonyl (C=O) groups is 1. The van der Waals surface area contributed by atoms with E-state index in [0.29, 0.717) is 34.5 Å². The predicted octanol–water partition coefficient (Wildman–Crippen LogP) is 2.37. The maximum absolute atomic E-state index is 12.7. The van der Waals surface area contributed by atoms with Crippen LogP contribution in [0.15, 0.2) is 47.5 Å². The van der Waals surface area contributed by atoms with Crippen LogP contribution in [0.2, 0.25) is 0 Å². The van der Waals surface area contributed by atoms with Gasteiger partial charge in [-0.3, -0.25) is 4.79 Å². The normalized spacial score (nSPS) is 11.3. The van der Waals surface area contributed by atoms with Gasteiger partial charge in [0.15, 0.2) is 0 Å². The number of aromatic nitrogens is 5. The Labute approximate surface area is 148 Å². The lowest BCUT2D eigenvalue weighted by Gasteiger charge is -2.05. The first kappa shape index (κ1) is 16.1. The van der Waals surface area contributed by atoms with Crippen LogP contribution in [0, 0.1) is 0 Å². The molecular weight excluding hydrogens is 332 g/mol. The fraction of sp³-hybridized carbons (Fsp3) is 0.222. The first-order valence-corrected chi connectivity index (χ1v) is 8.52. The topological polar surface area (TPSA) is 97.6 Å². The number of H-pyrrole nitrogens is 1. The van der Waals surface area contributed by atoms with Gasteiger partial charge in [-0.2, -0.15) is 19.6 Å². The van der Waals surface area contributed by atoms with Gasteiger partial charge in [0.05, 0.1) is 22.8 Å². The first-order chi connectivity index (χ1) is 12.7. The second kappa shape index (κ2) is 6.47. The maximum Gasteiger partial charge on any atom is 0.344 e. The molecule has 0 saturated carbocycles. The number of hydrogen-bond donors (Lipinski definition) is 2. The zero-order chi connectivity index (χ0) is 18.1. The minimum absolute atomic E-state index is 0.218. The summed E-state index contributed by atoms with van der Waals surface area (Å²) in [5, 5.41) is 12.1. The Balaban J connectivity index is 1.80. The van der Waals surface area contributed by atoms with Crippen LogP contribution in [-0.4, -0.2) is 37.1 Å². The molecule has 0 fully saturated rings. The number of amides is 1. The van der Waals surface area contributed by atoms with E-state index in [1.165, 1.54) is 9.36 Å². The van der Waals surface area contributed by atoms with E-state index < -0.39 is 0 Å². The summed E-state index contributed by atoms with van der Waals surface area (Å²) < 4.78 is 2.62. The largest absolute Gasteiger partial charge is 0.345 e. The predicted molar refractivity (Wildman–Crippen MR) is 97.8 cm³/mol. The lowest BCUT2D eigenvalue weighted by molar-refractivity contribution is 0.240. The fourth-order valence-electron chi connectivity index (χ4n) is 2.89. The molecule has 0 bridgehead atoms. The number of rotatable bonds is 4. The molecule has 8 nitrogen and oxygen atoms in total. The van der Waals surface area contributed by atoms with Gasteiger partial charge >= 0.3 is 6.03 Å². The number of fused-ring (bicyclic) bond motifs is 3. The number of para-hydroxylation sites is 1. The molecule has 1 aromatic heterocycles. The van der Waals surface area contributed by atoms with Gasteiger partial charge in [0.1, 0.15) is 11.3 Å². The molecule has 0 atom stereocenters. The summed E-state index contributed by atoms with van der Waals surface area (Å²) in [6.07, 6.45) is 5.02. The summed E-state index contributed by atoms with van der Waals surface area (Å²) in [6.45, 7) is 2.65. The van der Waals surface area contributed by atoms with Gasteiger partial charge in [-0.25, -0.2) is 4.79 Å². The molecule has 8 heteroatoms. The molecule has 2 N–H and O–H groups in total. The molecule has 26 heavy (non-hydrogen) atoms. The Bertz CT molecular complexity index is 1090. The van der Waals surface area contributed by atoms with Crippen LogP contribution < -0.4 is 10.9 Å². The SMILES string of the molecule is CCCCNC(=O)n1ncc2c3nn(-c4ccccc4)c(=O)c-3c[nH]c21. The van der Waals surface area contributed by atoms with Gasteiger partial charge in [-0.1, -0.05) is 31.5 Å². The quantitative estimate of drug-likeness (QED) is 0.552. The van der Waals surface area contributed by atoms with Crippen molar-refractivity contribution in [2.24, 2.45) is 0 Å². The molecule has 0 radical (unpaired) electrons. The van der Waals surface area contributed by atoms with Crippen molar-refractivity contribution in [1.82, 2.24) is 29.9 Å². The van der Waals surface area contributed by atoms with E-state index in [9.17, 15) is 9.59 Å². The molecule has 0 saturated heterocycles. The molecule has 1 amide bonds. The summed E-state index contributed by atoms with van der Waals surface area (Å²) in [7, 11) is 0. The summed E-state index contributed by atoms with van der Waals surface area (Å²) in [5.74, 6) is 0. The molecule has 132 valence electrons. The number of nitrogens with zero attached hydrogens (tertiary/aromatic N) is 4. The van der Waals surface area contributed by atoms with E-state index in [-0.39, 0.29) is 11.6 Å². The van der Waals surface area contributed by atoms with Gasteiger partial charge in [0, 0.05) is 12.7 Å². The van der Waals surface area contributed by atoms with E-state index in [4.69, 9.17) is 0 Å². The maximum atomic E-state index is 12.7. The van der Waals surface area contributed by atoms with Crippen LogP contribution in [0.5, 0.6) is 0 Å². The molecule has 2 aromatic rings. The molecule has 1 aromatic carbocycles. The number of unbranched alkanes of at least 4 members (excludes halogenated alkanes) is 1. The highest BCUT2D eigenvalue weighted by atomic mass is 16.2. The zero-order valence-electron chi connectivity index (χ0n) is 14.3. The van der Waals surface area contributed by atoms with Crippen molar-refractivity contribution in [3.8, 4) is 16.9 Å². The Morgan fingerprint density at radius 3 is 2.85 bits per heavy atom. The Morgan fingerprint density at radius 2 is 2.08 bits per heavy atom. The number of nitrogens with one attached hydrogen (secondary N) is 2. The third-order valence-corrected chi connectivity index (χ3v) is 4.26. The average molecular weight is 350 g/mol. The van der Waals surface area contributed by atoms with Crippen molar-refractivity contribution < 1.29 is 4.79 Å². The molecule has 2 aliphatic rings. The highest BCUT2D eigenvalue weighted by molar-refractivity contribution is 5.95. The number of aromatic amines is 1. The second-order valence-corrected chi connectivity index (χ2v) is 6.01. The number of pyridine rings is 1. The van der Waals surface area contributed by atoms with E-state index in [2.05, 4.69) is 27.4 Å². The van der Waals surface area contributed by atoms with Crippen molar-refractivity contribution in [2.45, 2.75) is 19.8 Å². The molecule has 4 rings (SSSR count). The van der Waals surface area contributed by atoms with E-state index in [1.54, 1.807) is 12.4 Å². The van der Waals surface area contributed by atoms with Gasteiger partial charge in [0.25, 0.3) is 5.56 Å². The van der Waals surface area contributed by atoms with Gasteiger partial charge in [-0.05, 0) is 18.6 Å². The van der Waals surface area contributed by atoms with Crippen LogP contribution in [0.25, 0.3) is 28.0 Å². The third-order valence-electron chi connectivity index (χ3n) is 4.26. The standard InChI is InChI=1S/C18H18N6O2/c1-2-3-9-19-18(26)24-16-13(11-21-24)15-14(10-20-16)17(25)23(22-15)12-7-5-4-6-8-12/h4-8,10-11,20H,2-3,9H2,1H3,(H,19,26). The molecule has 3 heterocycles. The van der Waals surface area contributed by atoms with Crippen LogP contribution in [-0.2, 0) is 0 Å². The lowest BCUT2D eigenvalue weighted by Crippen LogP contribution is -2.30. The summed E-state index contributed by atoms with van der Waals surface area (Å²) >= 11 is 0. The zero-order valence-corrected chi connectivity index (χ0v) is 14.3. The van der Waals surface area contributed by atoms with Crippen molar-refractivity contribution in [1.29, 1.82) is 0 Å². The van der Waals surface area contributed by atoms with Gasteiger partial charge in [-0.15, -0.1) is 0 Å².